The number of sulfonamides is 1. The molecule has 3 aliphatic rings. The Hall–Kier alpha value is -2.53. The summed E-state index contributed by atoms with van der Waals surface area (Å²) in [6, 6.07) is 3.43. The number of hydrogen-bond acceptors (Lipinski definition) is 5. The highest BCUT2D eigenvalue weighted by Crippen LogP contribution is 2.50. The maximum atomic E-state index is 13.5. The quantitative estimate of drug-likeness (QED) is 0.611. The molecule has 2 saturated heterocycles. The van der Waals surface area contributed by atoms with E-state index in [0.717, 1.165) is 22.3 Å². The van der Waals surface area contributed by atoms with Gasteiger partial charge in [-0.1, -0.05) is 0 Å². The van der Waals surface area contributed by atoms with E-state index in [1.807, 2.05) is 30.0 Å². The Kier molecular flexibility index (Phi) is 3.87. The Labute approximate surface area is 178 Å². The molecule has 164 valence electrons. The Morgan fingerprint density at radius 3 is 2.42 bits per heavy atom. The average Bonchev–Trinajstić information content (AvgIpc) is 3.09. The summed E-state index contributed by atoms with van der Waals surface area (Å²) in [5, 5.41) is 7.10. The number of piperazine rings is 1. The molecule has 0 radical (unpaired) electrons. The molecule has 31 heavy (non-hydrogen) atoms. The van der Waals surface area contributed by atoms with Crippen LogP contribution >= 0.6 is 0 Å². The van der Waals surface area contributed by atoms with Crippen LogP contribution in [0.2, 0.25) is 0 Å². The van der Waals surface area contributed by atoms with Gasteiger partial charge in [0, 0.05) is 68.4 Å². The van der Waals surface area contributed by atoms with E-state index in [9.17, 15) is 17.2 Å². The van der Waals surface area contributed by atoms with Gasteiger partial charge in [0.2, 0.25) is 10.0 Å². The number of fused-ring (bicyclic) bond motifs is 3. The van der Waals surface area contributed by atoms with Gasteiger partial charge in [-0.05, 0) is 25.0 Å². The molecule has 1 aliphatic carbocycles. The number of halogens is 2. The van der Waals surface area contributed by atoms with Crippen LogP contribution in [0, 0.1) is 0 Å². The monoisotopic (exact) mass is 448 g/mol. The van der Waals surface area contributed by atoms with Crippen LogP contribution in [-0.2, 0) is 17.1 Å². The van der Waals surface area contributed by atoms with Gasteiger partial charge in [-0.2, -0.15) is 14.5 Å². The zero-order valence-electron chi connectivity index (χ0n) is 16.9. The average molecular weight is 448 g/mol. The molecular formula is C20H22F2N6O2S. The fraction of sp³-hybridized carbons (Fsp3) is 0.500. The summed E-state index contributed by atoms with van der Waals surface area (Å²) >= 11 is 0. The van der Waals surface area contributed by atoms with E-state index in [-0.39, 0.29) is 12.1 Å². The summed E-state index contributed by atoms with van der Waals surface area (Å²) in [4.78, 5) is 2.17. The fourth-order valence-corrected chi connectivity index (χ4v) is 7.47. The number of aryl methyl sites for hydroxylation is 1. The Bertz CT molecular complexity index is 1270. The molecule has 0 amide bonds. The van der Waals surface area contributed by atoms with Gasteiger partial charge in [-0.3, -0.25) is 4.68 Å². The number of alkyl halides is 2. The highest BCUT2D eigenvalue weighted by Gasteiger charge is 2.67. The lowest BCUT2D eigenvalue weighted by Crippen LogP contribution is -2.57. The molecule has 0 aromatic carbocycles. The molecule has 0 spiro atoms. The van der Waals surface area contributed by atoms with Crippen molar-refractivity contribution in [2.45, 2.75) is 42.5 Å². The van der Waals surface area contributed by atoms with Crippen LogP contribution in [-0.4, -0.2) is 68.5 Å². The first-order valence-corrected chi connectivity index (χ1v) is 11.9. The van der Waals surface area contributed by atoms with Gasteiger partial charge in [0.05, 0.1) is 17.4 Å². The number of rotatable bonds is 4. The molecule has 3 fully saturated rings. The second kappa shape index (κ2) is 6.26. The lowest BCUT2D eigenvalue weighted by atomic mass is 10.2. The summed E-state index contributed by atoms with van der Waals surface area (Å²) in [7, 11) is -2.12. The van der Waals surface area contributed by atoms with Crippen LogP contribution in [0.15, 0.2) is 36.9 Å². The Balaban J connectivity index is 1.32. The van der Waals surface area contributed by atoms with Crippen LogP contribution in [0.3, 0.4) is 0 Å². The minimum atomic E-state index is -3.98. The van der Waals surface area contributed by atoms with Gasteiger partial charge in [-0.25, -0.2) is 21.7 Å². The minimum Gasteiger partial charge on any atom is -0.367 e. The summed E-state index contributed by atoms with van der Waals surface area (Å²) in [5.41, 5.74) is 3.87. The standard InChI is InChI=1S/C20H22F2N6O2S/c1-25-9-14(8-24-25)13-6-18-17(4-5-23-27(18)10-13)26-11-15-2-3-16(12-26)28(15)31(29,30)19-7-20(19,21)22/h4-6,8-10,15-16,19H,2-3,7,11-12H2,1H3. The zero-order valence-corrected chi connectivity index (χ0v) is 17.7. The van der Waals surface area contributed by atoms with Crippen molar-refractivity contribution in [1.29, 1.82) is 0 Å². The van der Waals surface area contributed by atoms with E-state index >= 15 is 0 Å². The maximum absolute atomic E-state index is 13.5. The third-order valence-corrected chi connectivity index (χ3v) is 9.12. The van der Waals surface area contributed by atoms with Crippen molar-refractivity contribution in [3.63, 3.8) is 0 Å². The molecule has 1 saturated carbocycles. The molecule has 3 atom stereocenters. The summed E-state index contributed by atoms with van der Waals surface area (Å²) in [6.07, 6.45) is 8.24. The molecule has 8 nitrogen and oxygen atoms in total. The fourth-order valence-electron chi connectivity index (χ4n) is 5.13. The number of nitrogens with zero attached hydrogens (tertiary/aromatic N) is 6. The first-order chi connectivity index (χ1) is 14.7. The van der Waals surface area contributed by atoms with Gasteiger partial charge in [0.1, 0.15) is 5.25 Å². The normalized spacial score (nSPS) is 27.8. The largest absolute Gasteiger partial charge is 0.367 e. The van der Waals surface area contributed by atoms with Crippen molar-refractivity contribution < 1.29 is 17.2 Å². The van der Waals surface area contributed by atoms with Crippen LogP contribution in [0.5, 0.6) is 0 Å². The summed E-state index contributed by atoms with van der Waals surface area (Å²) in [6.45, 7) is 0.974. The predicted octanol–water partition coefficient (Wildman–Crippen LogP) is 2.13. The lowest BCUT2D eigenvalue weighted by Gasteiger charge is -2.41. The van der Waals surface area contributed by atoms with E-state index in [1.54, 1.807) is 17.1 Å². The molecule has 2 aliphatic heterocycles. The minimum absolute atomic E-state index is 0.277. The molecule has 5 heterocycles. The van der Waals surface area contributed by atoms with Crippen LogP contribution in [0.25, 0.3) is 16.6 Å². The highest BCUT2D eigenvalue weighted by molar-refractivity contribution is 7.90. The molecule has 11 heteroatoms. The third kappa shape index (κ3) is 2.89. The van der Waals surface area contributed by atoms with Gasteiger partial charge in [0.25, 0.3) is 5.92 Å². The molecule has 3 aromatic heterocycles. The molecule has 3 unspecified atom stereocenters. The van der Waals surface area contributed by atoms with Crippen LogP contribution in [0.4, 0.5) is 14.5 Å². The second-order valence-corrected chi connectivity index (χ2v) is 10.8. The molecular weight excluding hydrogens is 426 g/mol. The first kappa shape index (κ1) is 19.2. The Morgan fingerprint density at radius 2 is 1.81 bits per heavy atom. The molecule has 2 bridgehead atoms. The summed E-state index contributed by atoms with van der Waals surface area (Å²) < 4.78 is 57.7. The number of aromatic nitrogens is 4. The zero-order chi connectivity index (χ0) is 21.5. The molecule has 6 rings (SSSR count). The SMILES string of the molecule is Cn1cc(-c2cc3c(N4CC5CCC(C4)N5S(=O)(=O)C4CC4(F)F)ccnn3c2)cn1. The van der Waals surface area contributed by atoms with Crippen LogP contribution < -0.4 is 4.90 Å². The van der Waals surface area contributed by atoms with Crippen molar-refractivity contribution in [3.05, 3.63) is 36.9 Å². The van der Waals surface area contributed by atoms with Crippen molar-refractivity contribution in [3.8, 4) is 11.1 Å². The third-order valence-electron chi connectivity index (χ3n) is 6.70. The van der Waals surface area contributed by atoms with Gasteiger partial charge < -0.3 is 4.90 Å². The van der Waals surface area contributed by atoms with Crippen molar-refractivity contribution >= 4 is 21.2 Å². The van der Waals surface area contributed by atoms with E-state index in [4.69, 9.17) is 0 Å². The smallest absolute Gasteiger partial charge is 0.267 e. The van der Waals surface area contributed by atoms with Gasteiger partial charge in [0.15, 0.2) is 0 Å². The number of hydrogen-bond donors (Lipinski definition) is 0. The summed E-state index contributed by atoms with van der Waals surface area (Å²) in [5.74, 6) is -3.08. The number of anilines is 1. The van der Waals surface area contributed by atoms with E-state index in [0.29, 0.717) is 25.9 Å². The molecule has 0 N–H and O–H groups in total. The topological polar surface area (TPSA) is 75.7 Å². The van der Waals surface area contributed by atoms with Crippen molar-refractivity contribution in [2.24, 2.45) is 7.05 Å². The molecule has 3 aromatic rings. The van der Waals surface area contributed by atoms with E-state index in [1.165, 1.54) is 4.31 Å². The van der Waals surface area contributed by atoms with Crippen molar-refractivity contribution in [2.75, 3.05) is 18.0 Å². The maximum Gasteiger partial charge on any atom is 0.267 e. The van der Waals surface area contributed by atoms with Gasteiger partial charge >= 0.3 is 0 Å². The first-order valence-electron chi connectivity index (χ1n) is 10.4. The highest BCUT2D eigenvalue weighted by atomic mass is 32.2. The Morgan fingerprint density at radius 1 is 1.10 bits per heavy atom. The second-order valence-electron chi connectivity index (χ2n) is 8.80. The van der Waals surface area contributed by atoms with E-state index < -0.39 is 27.6 Å². The van der Waals surface area contributed by atoms with Crippen LogP contribution in [0.1, 0.15) is 19.3 Å². The predicted molar refractivity (Wildman–Crippen MR) is 111 cm³/mol. The lowest BCUT2D eigenvalue weighted by molar-refractivity contribution is 0.120. The van der Waals surface area contributed by atoms with Crippen molar-refractivity contribution in [1.82, 2.24) is 23.7 Å². The van der Waals surface area contributed by atoms with Gasteiger partial charge in [-0.15, -0.1) is 0 Å². The van der Waals surface area contributed by atoms with E-state index in [2.05, 4.69) is 21.2 Å².